The highest BCUT2D eigenvalue weighted by Gasteiger charge is 2.19. The summed E-state index contributed by atoms with van der Waals surface area (Å²) >= 11 is 0. The average Bonchev–Trinajstić information content (AvgIpc) is 2.32. The maximum Gasteiger partial charge on any atom is 0.327 e. The first-order valence-corrected chi connectivity index (χ1v) is 5.94. The van der Waals surface area contributed by atoms with Gasteiger partial charge in [-0.1, -0.05) is 13.0 Å². The van der Waals surface area contributed by atoms with Crippen molar-refractivity contribution < 1.29 is 4.79 Å². The molecular formula is C12H20N4O. The van der Waals surface area contributed by atoms with Crippen LogP contribution in [0.5, 0.6) is 0 Å². The minimum Gasteiger partial charge on any atom is -0.335 e. The van der Waals surface area contributed by atoms with Crippen LogP contribution in [-0.4, -0.2) is 29.0 Å². The summed E-state index contributed by atoms with van der Waals surface area (Å²) in [5, 5.41) is 17.7. The Morgan fingerprint density at radius 3 is 2.82 bits per heavy atom. The van der Waals surface area contributed by atoms with Crippen molar-refractivity contribution in [1.82, 2.24) is 10.2 Å². The predicted octanol–water partition coefficient (Wildman–Crippen LogP) is 2.49. The number of allylic oxidation sites excluding steroid dienone is 2. The van der Waals surface area contributed by atoms with Crippen LogP contribution < -0.4 is 5.32 Å². The normalized spacial score (nSPS) is 17.1. The van der Waals surface area contributed by atoms with E-state index in [0.29, 0.717) is 25.0 Å². The van der Waals surface area contributed by atoms with Crippen LogP contribution in [0, 0.1) is 10.8 Å². The highest BCUT2D eigenvalue weighted by Crippen LogP contribution is 2.18. The van der Waals surface area contributed by atoms with Crippen molar-refractivity contribution in [3.63, 3.8) is 0 Å². The van der Waals surface area contributed by atoms with Crippen molar-refractivity contribution in [3.8, 4) is 0 Å². The summed E-state index contributed by atoms with van der Waals surface area (Å²) in [6.45, 7) is 3.94. The van der Waals surface area contributed by atoms with E-state index < -0.39 is 0 Å². The topological polar surface area (TPSA) is 80.0 Å². The Kier molecular flexibility index (Phi) is 4.87. The zero-order chi connectivity index (χ0) is 12.8. The van der Waals surface area contributed by atoms with Crippen LogP contribution >= 0.6 is 0 Å². The summed E-state index contributed by atoms with van der Waals surface area (Å²) in [4.78, 5) is 13.2. The van der Waals surface area contributed by atoms with Gasteiger partial charge in [0.2, 0.25) is 0 Å². The van der Waals surface area contributed by atoms with Gasteiger partial charge in [0.25, 0.3) is 0 Å². The number of nitrogens with zero attached hydrogens (tertiary/aromatic N) is 1. The van der Waals surface area contributed by atoms with E-state index in [0.717, 1.165) is 18.5 Å². The second-order valence-electron chi connectivity index (χ2n) is 4.26. The van der Waals surface area contributed by atoms with E-state index in [1.165, 1.54) is 4.90 Å². The molecule has 94 valence electrons. The molecule has 0 heterocycles. The van der Waals surface area contributed by atoms with Crippen molar-refractivity contribution >= 4 is 18.1 Å². The van der Waals surface area contributed by atoms with E-state index >= 15 is 0 Å². The maximum absolute atomic E-state index is 11.9. The molecule has 1 atom stereocenters. The van der Waals surface area contributed by atoms with Gasteiger partial charge in [-0.15, -0.1) is 0 Å². The van der Waals surface area contributed by atoms with Gasteiger partial charge < -0.3 is 10.7 Å². The molecule has 0 aromatic heterocycles. The highest BCUT2D eigenvalue weighted by atomic mass is 16.2. The number of nitrogens with one attached hydrogen (secondary N) is 3. The molecule has 0 aliphatic heterocycles. The molecule has 5 heteroatoms. The molecule has 1 aliphatic rings. The molecule has 0 saturated carbocycles. The largest absolute Gasteiger partial charge is 0.335 e. The lowest BCUT2D eigenvalue weighted by molar-refractivity contribution is 0.224. The summed E-state index contributed by atoms with van der Waals surface area (Å²) < 4.78 is 0. The third-order valence-electron chi connectivity index (χ3n) is 2.91. The van der Waals surface area contributed by atoms with Crippen LogP contribution in [0.25, 0.3) is 0 Å². The number of hydrogen-bond acceptors (Lipinski definition) is 3. The van der Waals surface area contributed by atoms with Crippen LogP contribution in [0.15, 0.2) is 11.8 Å². The first-order valence-electron chi connectivity index (χ1n) is 5.94. The molecule has 5 nitrogen and oxygen atoms in total. The molecule has 0 aromatic carbocycles. The Hall–Kier alpha value is -1.65. The number of rotatable bonds is 4. The molecule has 0 bridgehead atoms. The van der Waals surface area contributed by atoms with E-state index in [4.69, 9.17) is 10.8 Å². The Labute approximate surface area is 102 Å². The van der Waals surface area contributed by atoms with Gasteiger partial charge >= 0.3 is 6.03 Å². The lowest BCUT2D eigenvalue weighted by Crippen LogP contribution is -2.42. The Balaban J connectivity index is 2.68. The third kappa shape index (κ3) is 3.69. The molecule has 0 saturated heterocycles. The summed E-state index contributed by atoms with van der Waals surface area (Å²) in [5.41, 5.74) is 1.50. The number of carbonyl (C=O) groups is 1. The lowest BCUT2D eigenvalue weighted by Gasteiger charge is -2.25. The zero-order valence-corrected chi connectivity index (χ0v) is 10.4. The first kappa shape index (κ1) is 13.4. The van der Waals surface area contributed by atoms with Gasteiger partial charge in [-0.25, -0.2) is 4.79 Å². The highest BCUT2D eigenvalue weighted by molar-refractivity contribution is 5.90. The lowest BCUT2D eigenvalue weighted by atomic mass is 10.0. The van der Waals surface area contributed by atoms with Gasteiger partial charge in [-0.2, -0.15) is 0 Å². The average molecular weight is 236 g/mol. The van der Waals surface area contributed by atoms with E-state index in [1.807, 2.05) is 19.9 Å². The number of carbonyl (C=O) groups excluding carboxylic acids is 1. The fraction of sp³-hybridized carbons (Fsp3) is 0.583. The van der Waals surface area contributed by atoms with E-state index in [2.05, 4.69) is 5.32 Å². The van der Waals surface area contributed by atoms with Crippen LogP contribution in [0.1, 0.15) is 39.5 Å². The minimum absolute atomic E-state index is 0.104. The van der Waals surface area contributed by atoms with Gasteiger partial charge in [0.15, 0.2) is 0 Å². The molecule has 3 N–H and O–H groups in total. The van der Waals surface area contributed by atoms with Crippen LogP contribution in [0.3, 0.4) is 0 Å². The minimum atomic E-state index is -0.256. The Bertz CT molecular complexity index is 348. The fourth-order valence-corrected chi connectivity index (χ4v) is 1.60. The second-order valence-corrected chi connectivity index (χ2v) is 4.26. The molecule has 0 spiro atoms. The van der Waals surface area contributed by atoms with Gasteiger partial charge in [-0.3, -0.25) is 10.3 Å². The fourth-order valence-electron chi connectivity index (χ4n) is 1.60. The Morgan fingerprint density at radius 1 is 1.65 bits per heavy atom. The summed E-state index contributed by atoms with van der Waals surface area (Å²) in [5.74, 6) is 0. The SMILES string of the molecule is CCC(C)NC(=O)N(C=N)C1=CCC(=N)CC1. The quantitative estimate of drug-likeness (QED) is 0.509. The predicted molar refractivity (Wildman–Crippen MR) is 68.6 cm³/mol. The van der Waals surface area contributed by atoms with Gasteiger partial charge in [0.05, 0.1) is 6.34 Å². The molecule has 1 aliphatic carbocycles. The molecule has 1 rings (SSSR count). The van der Waals surface area contributed by atoms with Crippen molar-refractivity contribution in [3.05, 3.63) is 11.8 Å². The van der Waals surface area contributed by atoms with Crippen LogP contribution in [0.2, 0.25) is 0 Å². The first-order chi connectivity index (χ1) is 8.08. The van der Waals surface area contributed by atoms with Crippen molar-refractivity contribution in [2.24, 2.45) is 0 Å². The maximum atomic E-state index is 11.9. The van der Waals surface area contributed by atoms with Crippen molar-refractivity contribution in [2.75, 3.05) is 0 Å². The monoisotopic (exact) mass is 236 g/mol. The van der Waals surface area contributed by atoms with Gasteiger partial charge in [0, 0.05) is 23.9 Å². The smallest absolute Gasteiger partial charge is 0.327 e. The van der Waals surface area contributed by atoms with Crippen molar-refractivity contribution in [2.45, 2.75) is 45.6 Å². The molecule has 2 amide bonds. The van der Waals surface area contributed by atoms with Crippen molar-refractivity contribution in [1.29, 1.82) is 10.8 Å². The number of amides is 2. The molecule has 17 heavy (non-hydrogen) atoms. The van der Waals surface area contributed by atoms with Crippen LogP contribution in [-0.2, 0) is 0 Å². The van der Waals surface area contributed by atoms with Gasteiger partial charge in [0.1, 0.15) is 0 Å². The molecular weight excluding hydrogens is 216 g/mol. The molecule has 0 radical (unpaired) electrons. The number of hydrogen-bond donors (Lipinski definition) is 3. The summed E-state index contributed by atoms with van der Waals surface area (Å²) in [7, 11) is 0. The summed E-state index contributed by atoms with van der Waals surface area (Å²) in [6.07, 6.45) is 5.66. The summed E-state index contributed by atoms with van der Waals surface area (Å²) in [6, 6.07) is -0.151. The van der Waals surface area contributed by atoms with E-state index in [9.17, 15) is 4.79 Å². The Morgan fingerprint density at radius 2 is 2.35 bits per heavy atom. The molecule has 0 fully saturated rings. The standard InChI is InChI=1S/C12H20N4O/c1-3-9(2)15-12(17)16(8-13)11-6-4-10(14)5-7-11/h6,8-9,13-14H,3-5,7H2,1-2H3,(H,15,17). The third-order valence-corrected chi connectivity index (χ3v) is 2.91. The van der Waals surface area contributed by atoms with Gasteiger partial charge in [-0.05, 0) is 26.2 Å². The van der Waals surface area contributed by atoms with Crippen LogP contribution in [0.4, 0.5) is 4.79 Å². The number of urea groups is 1. The van der Waals surface area contributed by atoms with E-state index in [1.54, 1.807) is 0 Å². The molecule has 1 unspecified atom stereocenters. The van der Waals surface area contributed by atoms with E-state index in [-0.39, 0.29) is 12.1 Å². The molecule has 0 aromatic rings. The zero-order valence-electron chi connectivity index (χ0n) is 10.4. The second kappa shape index (κ2) is 6.18.